The second kappa shape index (κ2) is 7.96. The van der Waals surface area contributed by atoms with Crippen molar-refractivity contribution in [2.24, 2.45) is 0 Å². The van der Waals surface area contributed by atoms with Gasteiger partial charge in [0.05, 0.1) is 16.8 Å². The number of benzene rings is 1. The fraction of sp³-hybridized carbons (Fsp3) is 0.130. The lowest BCUT2D eigenvalue weighted by Gasteiger charge is -2.19. The van der Waals surface area contributed by atoms with Crippen molar-refractivity contribution in [2.75, 3.05) is 13.6 Å². The normalized spacial score (nSPS) is 10.8. The lowest BCUT2D eigenvalue weighted by Crippen LogP contribution is -2.29. The summed E-state index contributed by atoms with van der Waals surface area (Å²) in [5.41, 5.74) is 4.13. The molecule has 0 bridgehead atoms. The summed E-state index contributed by atoms with van der Waals surface area (Å²) >= 11 is 0. The Labute approximate surface area is 163 Å². The minimum absolute atomic E-state index is 0.0233. The lowest BCUT2D eigenvalue weighted by molar-refractivity contribution is 0.0798. The van der Waals surface area contributed by atoms with Gasteiger partial charge in [0.1, 0.15) is 0 Å². The summed E-state index contributed by atoms with van der Waals surface area (Å²) in [5, 5.41) is 0.856. The number of nitrogens with zero attached hydrogens (tertiary/aromatic N) is 4. The van der Waals surface area contributed by atoms with E-state index >= 15 is 0 Å². The van der Waals surface area contributed by atoms with Crippen LogP contribution in [-0.4, -0.2) is 39.4 Å². The van der Waals surface area contributed by atoms with E-state index in [1.54, 1.807) is 23.5 Å². The summed E-state index contributed by atoms with van der Waals surface area (Å²) in [6.45, 7) is 0.594. The van der Waals surface area contributed by atoms with E-state index in [4.69, 9.17) is 4.98 Å². The molecule has 0 aliphatic rings. The van der Waals surface area contributed by atoms with Crippen molar-refractivity contribution in [3.8, 4) is 11.3 Å². The van der Waals surface area contributed by atoms with Crippen LogP contribution in [0.5, 0.6) is 0 Å². The molecule has 0 radical (unpaired) electrons. The highest BCUT2D eigenvalue weighted by Crippen LogP contribution is 2.25. The van der Waals surface area contributed by atoms with Crippen LogP contribution in [0.15, 0.2) is 79.3 Å². The number of rotatable bonds is 5. The van der Waals surface area contributed by atoms with Crippen LogP contribution >= 0.6 is 0 Å². The number of carbonyl (C=O) groups is 1. The van der Waals surface area contributed by atoms with Gasteiger partial charge >= 0.3 is 0 Å². The smallest absolute Gasteiger partial charge is 0.254 e. The molecule has 3 heterocycles. The third kappa shape index (κ3) is 3.74. The van der Waals surface area contributed by atoms with E-state index in [1.807, 2.05) is 67.7 Å². The molecule has 0 aliphatic heterocycles. The predicted octanol–water partition coefficient (Wildman–Crippen LogP) is 4.01. The molecule has 0 fully saturated rings. The zero-order chi connectivity index (χ0) is 19.3. The minimum atomic E-state index is -0.0233. The molecule has 0 spiro atoms. The predicted molar refractivity (Wildman–Crippen MR) is 110 cm³/mol. The molecule has 5 heteroatoms. The Morgan fingerprint density at radius 3 is 2.54 bits per heavy atom. The van der Waals surface area contributed by atoms with Gasteiger partial charge in [0, 0.05) is 55.2 Å². The monoisotopic (exact) mass is 368 g/mol. The molecular formula is C23H20N4O. The summed E-state index contributed by atoms with van der Waals surface area (Å²) < 4.78 is 0. The van der Waals surface area contributed by atoms with Crippen LogP contribution in [0.4, 0.5) is 0 Å². The number of hydrogen-bond acceptors (Lipinski definition) is 4. The summed E-state index contributed by atoms with van der Waals surface area (Å²) in [6, 6.07) is 19.2. The summed E-state index contributed by atoms with van der Waals surface area (Å²) in [7, 11) is 1.83. The Bertz CT molecular complexity index is 1100. The Hall–Kier alpha value is -3.60. The van der Waals surface area contributed by atoms with Gasteiger partial charge in [-0.25, -0.2) is 4.98 Å². The largest absolute Gasteiger partial charge is 0.341 e. The van der Waals surface area contributed by atoms with Gasteiger partial charge in [0.2, 0.25) is 0 Å². The molecule has 4 rings (SSSR count). The Morgan fingerprint density at radius 1 is 0.964 bits per heavy atom. The fourth-order valence-corrected chi connectivity index (χ4v) is 3.16. The van der Waals surface area contributed by atoms with E-state index in [0.717, 1.165) is 27.9 Å². The summed E-state index contributed by atoms with van der Waals surface area (Å²) in [6.07, 6.45) is 5.94. The number of fused-ring (bicyclic) bond motifs is 1. The highest BCUT2D eigenvalue weighted by Gasteiger charge is 2.17. The zero-order valence-corrected chi connectivity index (χ0v) is 15.6. The maximum atomic E-state index is 13.2. The van der Waals surface area contributed by atoms with Gasteiger partial charge in [-0.1, -0.05) is 24.3 Å². The molecule has 0 saturated heterocycles. The lowest BCUT2D eigenvalue weighted by atomic mass is 10.0. The standard InChI is InChI=1S/C23H20N4O/c1-27(15-11-18-6-4-5-12-25-18)23(28)20-16-22(17-9-13-24-14-10-17)26-21-8-3-2-7-19(20)21/h2-10,12-14,16H,11,15H2,1H3. The highest BCUT2D eigenvalue weighted by atomic mass is 16.2. The number of pyridine rings is 3. The van der Waals surface area contributed by atoms with Gasteiger partial charge in [-0.15, -0.1) is 0 Å². The van der Waals surface area contributed by atoms with E-state index in [0.29, 0.717) is 18.5 Å². The van der Waals surface area contributed by atoms with Gasteiger partial charge in [-0.2, -0.15) is 0 Å². The van der Waals surface area contributed by atoms with Gasteiger partial charge in [0.25, 0.3) is 5.91 Å². The van der Waals surface area contributed by atoms with Gasteiger partial charge in [-0.05, 0) is 36.4 Å². The molecule has 4 aromatic rings. The molecule has 0 saturated carbocycles. The van der Waals surface area contributed by atoms with Gasteiger partial charge in [0.15, 0.2) is 0 Å². The van der Waals surface area contributed by atoms with E-state index in [9.17, 15) is 4.79 Å². The molecule has 3 aromatic heterocycles. The second-order valence-corrected chi connectivity index (χ2v) is 6.61. The van der Waals surface area contributed by atoms with Crippen LogP contribution in [0, 0.1) is 0 Å². The van der Waals surface area contributed by atoms with Crippen molar-refractivity contribution in [2.45, 2.75) is 6.42 Å². The minimum Gasteiger partial charge on any atom is -0.341 e. The summed E-state index contributed by atoms with van der Waals surface area (Å²) in [4.78, 5) is 28.1. The third-order valence-corrected chi connectivity index (χ3v) is 4.70. The molecule has 0 aliphatic carbocycles. The van der Waals surface area contributed by atoms with E-state index < -0.39 is 0 Å². The Kier molecular flexibility index (Phi) is 5.06. The number of likely N-dealkylation sites (N-methyl/N-ethyl adjacent to an activating group) is 1. The van der Waals surface area contributed by atoms with Crippen LogP contribution < -0.4 is 0 Å². The van der Waals surface area contributed by atoms with Gasteiger partial charge < -0.3 is 4.90 Å². The van der Waals surface area contributed by atoms with Crippen molar-refractivity contribution in [1.82, 2.24) is 19.9 Å². The van der Waals surface area contributed by atoms with Crippen molar-refractivity contribution in [3.63, 3.8) is 0 Å². The topological polar surface area (TPSA) is 59.0 Å². The van der Waals surface area contributed by atoms with Crippen LogP contribution in [0.1, 0.15) is 16.1 Å². The fourth-order valence-electron chi connectivity index (χ4n) is 3.16. The quantitative estimate of drug-likeness (QED) is 0.534. The van der Waals surface area contributed by atoms with Crippen molar-refractivity contribution < 1.29 is 4.79 Å². The molecule has 1 aromatic carbocycles. The molecule has 1 amide bonds. The Balaban J connectivity index is 1.67. The first kappa shape index (κ1) is 17.8. The average molecular weight is 368 g/mol. The van der Waals surface area contributed by atoms with Crippen LogP contribution in [-0.2, 0) is 6.42 Å². The summed E-state index contributed by atoms with van der Waals surface area (Å²) in [5.74, 6) is -0.0233. The molecule has 5 nitrogen and oxygen atoms in total. The molecular weight excluding hydrogens is 348 g/mol. The van der Waals surface area contributed by atoms with E-state index in [-0.39, 0.29) is 5.91 Å². The average Bonchev–Trinajstić information content (AvgIpc) is 2.77. The van der Waals surface area contributed by atoms with E-state index in [2.05, 4.69) is 9.97 Å². The van der Waals surface area contributed by atoms with Gasteiger partial charge in [-0.3, -0.25) is 14.8 Å². The van der Waals surface area contributed by atoms with Crippen molar-refractivity contribution in [1.29, 1.82) is 0 Å². The maximum Gasteiger partial charge on any atom is 0.254 e. The molecule has 0 unspecified atom stereocenters. The molecule has 138 valence electrons. The first-order valence-electron chi connectivity index (χ1n) is 9.18. The Morgan fingerprint density at radius 2 is 1.75 bits per heavy atom. The molecule has 0 N–H and O–H groups in total. The molecule has 28 heavy (non-hydrogen) atoms. The number of amides is 1. The maximum absolute atomic E-state index is 13.2. The van der Waals surface area contributed by atoms with Crippen LogP contribution in [0.2, 0.25) is 0 Å². The van der Waals surface area contributed by atoms with Crippen molar-refractivity contribution in [3.05, 3.63) is 90.5 Å². The number of carbonyl (C=O) groups excluding carboxylic acids is 1. The number of hydrogen-bond donors (Lipinski definition) is 0. The van der Waals surface area contributed by atoms with Crippen LogP contribution in [0.3, 0.4) is 0 Å². The zero-order valence-electron chi connectivity index (χ0n) is 15.6. The van der Waals surface area contributed by atoms with Crippen molar-refractivity contribution >= 4 is 16.8 Å². The van der Waals surface area contributed by atoms with E-state index in [1.165, 1.54) is 0 Å². The highest BCUT2D eigenvalue weighted by molar-refractivity contribution is 6.07. The van der Waals surface area contributed by atoms with Crippen LogP contribution in [0.25, 0.3) is 22.2 Å². The number of para-hydroxylation sites is 1. The molecule has 0 atom stereocenters. The number of aromatic nitrogens is 3. The second-order valence-electron chi connectivity index (χ2n) is 6.61. The third-order valence-electron chi connectivity index (χ3n) is 4.70. The SMILES string of the molecule is CN(CCc1ccccn1)C(=O)c1cc(-c2ccncc2)nc2ccccc12. The first-order chi connectivity index (χ1) is 13.7. The first-order valence-corrected chi connectivity index (χ1v) is 9.18.